The van der Waals surface area contributed by atoms with E-state index in [0.717, 1.165) is 5.52 Å². The van der Waals surface area contributed by atoms with Crippen LogP contribution in [0.4, 0.5) is 0 Å². The number of aromatic nitrogens is 3. The largest absolute Gasteiger partial charge is 0.394 e. The highest BCUT2D eigenvalue weighted by Gasteiger charge is 2.53. The Morgan fingerprint density at radius 3 is 2.95 bits per heavy atom. The van der Waals surface area contributed by atoms with Crippen LogP contribution >= 0.6 is 0 Å². The van der Waals surface area contributed by atoms with Crippen LogP contribution in [-0.4, -0.2) is 54.3 Å². The van der Waals surface area contributed by atoms with Gasteiger partial charge in [-0.05, 0) is 19.1 Å². The summed E-state index contributed by atoms with van der Waals surface area (Å²) < 4.78 is 7.16. The van der Waals surface area contributed by atoms with E-state index in [2.05, 4.69) is 10.1 Å². The van der Waals surface area contributed by atoms with Gasteiger partial charge in [-0.25, -0.2) is 9.50 Å². The molecule has 19 heavy (non-hydrogen) atoms. The molecule has 0 unspecified atom stereocenters. The minimum absolute atomic E-state index is 0.355. The van der Waals surface area contributed by atoms with Crippen molar-refractivity contribution in [2.75, 3.05) is 6.61 Å². The number of fused-ring (bicyclic) bond motifs is 1. The standard InChI is InChI=1S/C12H15N3O4/c1-12(18)10(17)9(5-16)19-11(12)8-3-2-7-4-13-6-14-15(7)8/h2-4,6,9-11,16-18H,5H2,1H3/t9-,10-,11+,12-/m1/s1. The number of aliphatic hydroxyl groups is 3. The van der Waals surface area contributed by atoms with Crippen molar-refractivity contribution in [2.45, 2.75) is 30.8 Å². The van der Waals surface area contributed by atoms with Crippen molar-refractivity contribution in [1.82, 2.24) is 14.6 Å². The molecule has 0 aromatic carbocycles. The Hall–Kier alpha value is -1.54. The molecule has 0 amide bonds. The van der Waals surface area contributed by atoms with Crippen molar-refractivity contribution in [2.24, 2.45) is 0 Å². The lowest BCUT2D eigenvalue weighted by Crippen LogP contribution is -2.43. The Labute approximate surface area is 109 Å². The van der Waals surface area contributed by atoms with Crippen LogP contribution in [0.5, 0.6) is 0 Å². The third-order valence-electron chi connectivity index (χ3n) is 3.60. The van der Waals surface area contributed by atoms with Crippen LogP contribution in [0.15, 0.2) is 24.7 Å². The van der Waals surface area contributed by atoms with Crippen LogP contribution in [0.2, 0.25) is 0 Å². The first-order chi connectivity index (χ1) is 9.05. The molecule has 0 aliphatic carbocycles. The lowest BCUT2D eigenvalue weighted by molar-refractivity contribution is -0.0664. The zero-order valence-corrected chi connectivity index (χ0v) is 10.3. The maximum atomic E-state index is 10.4. The summed E-state index contributed by atoms with van der Waals surface area (Å²) in [5.74, 6) is 0. The van der Waals surface area contributed by atoms with Crippen molar-refractivity contribution in [3.05, 3.63) is 30.4 Å². The monoisotopic (exact) mass is 265 g/mol. The molecule has 3 heterocycles. The van der Waals surface area contributed by atoms with E-state index in [-0.39, 0.29) is 6.61 Å². The third-order valence-corrected chi connectivity index (χ3v) is 3.60. The van der Waals surface area contributed by atoms with E-state index < -0.39 is 23.9 Å². The Bertz CT molecular complexity index is 597. The Morgan fingerprint density at radius 2 is 2.26 bits per heavy atom. The maximum Gasteiger partial charge on any atom is 0.136 e. The van der Waals surface area contributed by atoms with Gasteiger partial charge in [0.2, 0.25) is 0 Å². The van der Waals surface area contributed by atoms with Crippen molar-refractivity contribution < 1.29 is 20.1 Å². The van der Waals surface area contributed by atoms with Gasteiger partial charge < -0.3 is 20.1 Å². The molecular weight excluding hydrogens is 250 g/mol. The molecule has 1 saturated heterocycles. The summed E-state index contributed by atoms with van der Waals surface area (Å²) in [7, 11) is 0. The highest BCUT2D eigenvalue weighted by atomic mass is 16.6. The van der Waals surface area contributed by atoms with Crippen LogP contribution in [0, 0.1) is 0 Å². The minimum atomic E-state index is -1.49. The first-order valence-electron chi connectivity index (χ1n) is 6.00. The van der Waals surface area contributed by atoms with Crippen LogP contribution in [0.1, 0.15) is 18.7 Å². The Balaban J connectivity index is 2.07. The zero-order chi connectivity index (χ0) is 13.6. The van der Waals surface area contributed by atoms with E-state index in [9.17, 15) is 10.2 Å². The number of hydrogen-bond donors (Lipinski definition) is 3. The fourth-order valence-corrected chi connectivity index (χ4v) is 2.51. The van der Waals surface area contributed by atoms with Crippen molar-refractivity contribution in [3.8, 4) is 0 Å². The normalized spacial score (nSPS) is 35.1. The molecule has 1 aliphatic rings. The van der Waals surface area contributed by atoms with Crippen molar-refractivity contribution in [1.29, 1.82) is 0 Å². The molecule has 102 valence electrons. The molecule has 0 radical (unpaired) electrons. The van der Waals surface area contributed by atoms with Gasteiger partial charge >= 0.3 is 0 Å². The topological polar surface area (TPSA) is 100 Å². The van der Waals surface area contributed by atoms with Crippen LogP contribution in [0.25, 0.3) is 5.52 Å². The average molecular weight is 265 g/mol. The van der Waals surface area contributed by atoms with E-state index in [1.54, 1.807) is 22.8 Å². The quantitative estimate of drug-likeness (QED) is 0.662. The van der Waals surface area contributed by atoms with Crippen LogP contribution < -0.4 is 0 Å². The summed E-state index contributed by atoms with van der Waals surface area (Å²) in [5, 5.41) is 33.7. The molecule has 2 aromatic rings. The maximum absolute atomic E-state index is 10.4. The van der Waals surface area contributed by atoms with Gasteiger partial charge in [-0.3, -0.25) is 0 Å². The molecule has 0 bridgehead atoms. The van der Waals surface area contributed by atoms with E-state index in [0.29, 0.717) is 5.69 Å². The second kappa shape index (κ2) is 4.24. The highest BCUT2D eigenvalue weighted by Crippen LogP contribution is 2.41. The van der Waals surface area contributed by atoms with Gasteiger partial charge in [0.05, 0.1) is 24.0 Å². The fourth-order valence-electron chi connectivity index (χ4n) is 2.51. The Morgan fingerprint density at radius 1 is 1.47 bits per heavy atom. The second-order valence-electron chi connectivity index (χ2n) is 4.91. The van der Waals surface area contributed by atoms with Gasteiger partial charge in [0.15, 0.2) is 0 Å². The first kappa shape index (κ1) is 12.5. The number of rotatable bonds is 2. The van der Waals surface area contributed by atoms with Crippen molar-refractivity contribution in [3.63, 3.8) is 0 Å². The summed E-state index contributed by atoms with van der Waals surface area (Å²) in [6, 6.07) is 3.56. The number of aliphatic hydroxyl groups excluding tert-OH is 2. The van der Waals surface area contributed by atoms with E-state index in [1.807, 2.05) is 0 Å². The van der Waals surface area contributed by atoms with Gasteiger partial charge in [-0.1, -0.05) is 0 Å². The second-order valence-corrected chi connectivity index (χ2v) is 4.91. The summed E-state index contributed by atoms with van der Waals surface area (Å²) in [6.07, 6.45) is 0.291. The molecule has 1 fully saturated rings. The van der Waals surface area contributed by atoms with Gasteiger partial charge in [0, 0.05) is 0 Å². The first-order valence-corrected chi connectivity index (χ1v) is 6.00. The molecular formula is C12H15N3O4. The number of nitrogens with zero attached hydrogens (tertiary/aromatic N) is 3. The number of hydrogen-bond acceptors (Lipinski definition) is 6. The lowest BCUT2D eigenvalue weighted by Gasteiger charge is -2.26. The fraction of sp³-hybridized carbons (Fsp3) is 0.500. The Kier molecular flexibility index (Phi) is 2.79. The zero-order valence-electron chi connectivity index (χ0n) is 10.3. The lowest BCUT2D eigenvalue weighted by atomic mass is 9.91. The van der Waals surface area contributed by atoms with Crippen LogP contribution in [-0.2, 0) is 4.74 Å². The molecule has 0 saturated carbocycles. The average Bonchev–Trinajstić information content (AvgIpc) is 2.91. The molecule has 2 aromatic heterocycles. The SMILES string of the molecule is C[C@@]1(O)[C@H](O)[C@@H](CO)O[C@H]1c1ccc2cncnn12. The van der Waals surface area contributed by atoms with Gasteiger partial charge in [-0.15, -0.1) is 0 Å². The molecule has 3 rings (SSSR count). The number of ether oxygens (including phenoxy) is 1. The molecule has 7 heteroatoms. The molecule has 3 N–H and O–H groups in total. The minimum Gasteiger partial charge on any atom is -0.394 e. The summed E-state index contributed by atoms with van der Waals surface area (Å²) >= 11 is 0. The van der Waals surface area contributed by atoms with Gasteiger partial charge in [-0.2, -0.15) is 5.10 Å². The van der Waals surface area contributed by atoms with E-state index >= 15 is 0 Å². The predicted octanol–water partition coefficient (Wildman–Crippen LogP) is -0.727. The summed E-state index contributed by atoms with van der Waals surface area (Å²) in [6.45, 7) is 1.13. The molecule has 0 spiro atoms. The molecule has 7 nitrogen and oxygen atoms in total. The van der Waals surface area contributed by atoms with Crippen molar-refractivity contribution >= 4 is 5.52 Å². The predicted molar refractivity (Wildman–Crippen MR) is 64.3 cm³/mol. The summed E-state index contributed by atoms with van der Waals surface area (Å²) in [5.41, 5.74) is -0.122. The third kappa shape index (κ3) is 1.74. The van der Waals surface area contributed by atoms with Crippen LogP contribution in [0.3, 0.4) is 0 Å². The van der Waals surface area contributed by atoms with E-state index in [4.69, 9.17) is 9.84 Å². The molecule has 4 atom stereocenters. The summed E-state index contributed by atoms with van der Waals surface area (Å²) in [4.78, 5) is 3.91. The highest BCUT2D eigenvalue weighted by molar-refractivity contribution is 5.46. The smallest absolute Gasteiger partial charge is 0.136 e. The van der Waals surface area contributed by atoms with Gasteiger partial charge in [0.25, 0.3) is 0 Å². The van der Waals surface area contributed by atoms with Gasteiger partial charge in [0.1, 0.15) is 30.2 Å². The van der Waals surface area contributed by atoms with E-state index in [1.165, 1.54) is 13.3 Å². The molecule has 1 aliphatic heterocycles.